The molecule has 9 rings (SSSR count). The van der Waals surface area contributed by atoms with Gasteiger partial charge in [-0.15, -0.1) is 0 Å². The summed E-state index contributed by atoms with van der Waals surface area (Å²) in [6, 6.07) is 61.2. The summed E-state index contributed by atoms with van der Waals surface area (Å²) >= 11 is 0. The number of para-hydroxylation sites is 3. The van der Waals surface area contributed by atoms with Crippen LogP contribution in [0.2, 0.25) is 0 Å². The van der Waals surface area contributed by atoms with Crippen LogP contribution in [0.1, 0.15) is 11.1 Å². The molecule has 0 spiro atoms. The maximum Gasteiger partial charge on any atom is 0.101 e. The summed E-state index contributed by atoms with van der Waals surface area (Å²) < 4.78 is 2.21. The smallest absolute Gasteiger partial charge is 0.101 e. The number of rotatable bonds is 4. The summed E-state index contributed by atoms with van der Waals surface area (Å²) in [5.74, 6) is 0. The van der Waals surface area contributed by atoms with E-state index >= 15 is 0 Å². The van der Waals surface area contributed by atoms with Crippen molar-refractivity contribution in [2.45, 2.75) is 0 Å². The first-order chi connectivity index (χ1) is 24.2. The Balaban J connectivity index is 1.37. The normalized spacial score (nSPS) is 11.2. The first kappa shape index (κ1) is 28.3. The highest BCUT2D eigenvalue weighted by Gasteiger charge is 2.21. The van der Waals surface area contributed by atoms with E-state index in [-0.39, 0.29) is 0 Å². The van der Waals surface area contributed by atoms with Crippen molar-refractivity contribution in [1.29, 1.82) is 10.5 Å². The van der Waals surface area contributed by atoms with Crippen LogP contribution in [0.25, 0.3) is 82.4 Å². The highest BCUT2D eigenvalue weighted by Crippen LogP contribution is 2.45. The average Bonchev–Trinajstić information content (AvgIpc) is 3.50. The quantitative estimate of drug-likeness (QED) is 0.184. The highest BCUT2D eigenvalue weighted by molar-refractivity contribution is 6.21. The van der Waals surface area contributed by atoms with Crippen LogP contribution in [0, 0.1) is 22.7 Å². The van der Waals surface area contributed by atoms with Crippen LogP contribution in [0.3, 0.4) is 0 Å². The maximum atomic E-state index is 10.5. The van der Waals surface area contributed by atoms with Crippen molar-refractivity contribution in [3.63, 3.8) is 0 Å². The van der Waals surface area contributed by atoms with E-state index in [4.69, 9.17) is 0 Å². The van der Waals surface area contributed by atoms with Gasteiger partial charge in [0, 0.05) is 16.3 Å². The van der Waals surface area contributed by atoms with Gasteiger partial charge in [0.15, 0.2) is 0 Å². The molecule has 0 amide bonds. The summed E-state index contributed by atoms with van der Waals surface area (Å²) in [4.78, 5) is 0. The molecule has 8 aromatic carbocycles. The molecule has 0 radical (unpaired) electrons. The lowest BCUT2D eigenvalue weighted by Crippen LogP contribution is -2.01. The minimum atomic E-state index is 0.559. The molecular weight excluding hydrogens is 595 g/mol. The second-order valence-corrected chi connectivity index (χ2v) is 12.3. The summed E-state index contributed by atoms with van der Waals surface area (Å²) in [5, 5.41) is 27.7. The highest BCUT2D eigenvalue weighted by atomic mass is 15.0. The minimum absolute atomic E-state index is 0.559. The fraction of sp³-hybridized carbons (Fsp3) is 0. The fourth-order valence-corrected chi connectivity index (χ4v) is 7.62. The Kier molecular flexibility index (Phi) is 6.58. The van der Waals surface area contributed by atoms with Crippen LogP contribution in [-0.2, 0) is 0 Å². The van der Waals surface area contributed by atoms with Crippen LogP contribution < -0.4 is 0 Å². The average molecular weight is 622 g/mol. The van der Waals surface area contributed by atoms with Gasteiger partial charge in [-0.3, -0.25) is 0 Å². The summed E-state index contributed by atoms with van der Waals surface area (Å²) in [7, 11) is 0. The van der Waals surface area contributed by atoms with Gasteiger partial charge in [0.2, 0.25) is 0 Å². The van der Waals surface area contributed by atoms with Gasteiger partial charge in [-0.05, 0) is 85.8 Å². The molecule has 1 heterocycles. The van der Waals surface area contributed by atoms with Crippen molar-refractivity contribution in [3.8, 4) is 51.2 Å². The van der Waals surface area contributed by atoms with Gasteiger partial charge in [-0.2, -0.15) is 10.5 Å². The lowest BCUT2D eigenvalue weighted by molar-refractivity contribution is 1.17. The number of benzene rings is 8. The number of hydrogen-bond acceptors (Lipinski definition) is 2. The molecule has 0 unspecified atom stereocenters. The van der Waals surface area contributed by atoms with Gasteiger partial charge in [-0.25, -0.2) is 0 Å². The molecule has 0 aliphatic heterocycles. The molecule has 0 aliphatic rings. The predicted molar refractivity (Wildman–Crippen MR) is 202 cm³/mol. The molecule has 1 aromatic heterocycles. The van der Waals surface area contributed by atoms with E-state index in [1.165, 1.54) is 5.56 Å². The zero-order valence-electron chi connectivity index (χ0n) is 26.4. The number of aromatic nitrogens is 1. The molecular formula is C46H27N3. The minimum Gasteiger partial charge on any atom is -0.307 e. The first-order valence-corrected chi connectivity index (χ1v) is 16.3. The van der Waals surface area contributed by atoms with Gasteiger partial charge >= 0.3 is 0 Å². The molecule has 0 atom stereocenters. The van der Waals surface area contributed by atoms with Gasteiger partial charge in [0.1, 0.15) is 6.07 Å². The van der Waals surface area contributed by atoms with Crippen molar-refractivity contribution in [3.05, 3.63) is 175 Å². The molecule has 226 valence electrons. The number of hydrogen-bond donors (Lipinski definition) is 0. The van der Waals surface area contributed by atoms with E-state index in [9.17, 15) is 10.5 Å². The Morgan fingerprint density at radius 2 is 0.878 bits per heavy atom. The van der Waals surface area contributed by atoms with Gasteiger partial charge in [-0.1, -0.05) is 127 Å². The Morgan fingerprint density at radius 1 is 0.388 bits per heavy atom. The Bertz CT molecular complexity index is 2740. The molecule has 0 saturated carbocycles. The zero-order chi connectivity index (χ0) is 32.9. The number of nitrogens with zero attached hydrogens (tertiary/aromatic N) is 3. The van der Waals surface area contributed by atoms with Crippen molar-refractivity contribution >= 4 is 43.4 Å². The van der Waals surface area contributed by atoms with E-state index in [2.05, 4.69) is 138 Å². The van der Waals surface area contributed by atoms with Crippen molar-refractivity contribution in [1.82, 2.24) is 4.57 Å². The molecule has 0 fully saturated rings. The molecule has 0 N–H and O–H groups in total. The van der Waals surface area contributed by atoms with Crippen LogP contribution in [-0.4, -0.2) is 4.57 Å². The van der Waals surface area contributed by atoms with Crippen molar-refractivity contribution in [2.75, 3.05) is 0 Å². The summed E-state index contributed by atoms with van der Waals surface area (Å²) in [6.07, 6.45) is 0. The SMILES string of the molecule is N#Cc1cc(-c2cccc(C#N)c2-n2c3ccccc3c3ccccc32)cc(-c2c3ccccc3c(-c3ccccc3)c3ccccc23)c1. The molecule has 0 bridgehead atoms. The van der Waals surface area contributed by atoms with Crippen molar-refractivity contribution < 1.29 is 0 Å². The van der Waals surface area contributed by atoms with Crippen LogP contribution >= 0.6 is 0 Å². The second-order valence-electron chi connectivity index (χ2n) is 12.3. The van der Waals surface area contributed by atoms with Crippen LogP contribution in [0.4, 0.5) is 0 Å². The third-order valence-corrected chi connectivity index (χ3v) is 9.62. The molecule has 0 saturated heterocycles. The van der Waals surface area contributed by atoms with Crippen molar-refractivity contribution in [2.24, 2.45) is 0 Å². The Morgan fingerprint density at radius 3 is 1.43 bits per heavy atom. The fourth-order valence-electron chi connectivity index (χ4n) is 7.62. The second kappa shape index (κ2) is 11.4. The van der Waals surface area contributed by atoms with Gasteiger partial charge < -0.3 is 4.57 Å². The third-order valence-electron chi connectivity index (χ3n) is 9.62. The van der Waals surface area contributed by atoms with Gasteiger partial charge in [0.05, 0.1) is 33.9 Å². The lowest BCUT2D eigenvalue weighted by atomic mass is 9.85. The molecule has 3 nitrogen and oxygen atoms in total. The molecule has 9 aromatic rings. The third kappa shape index (κ3) is 4.42. The maximum absolute atomic E-state index is 10.5. The molecule has 3 heteroatoms. The monoisotopic (exact) mass is 621 g/mol. The Hall–Kier alpha value is -6.94. The van der Waals surface area contributed by atoms with E-state index in [0.717, 1.165) is 76.9 Å². The molecule has 49 heavy (non-hydrogen) atoms. The van der Waals surface area contributed by atoms with E-state index in [1.54, 1.807) is 0 Å². The zero-order valence-corrected chi connectivity index (χ0v) is 26.4. The predicted octanol–water partition coefficient (Wildman–Crippen LogP) is 11.8. The largest absolute Gasteiger partial charge is 0.307 e. The van der Waals surface area contributed by atoms with E-state index < -0.39 is 0 Å². The number of fused-ring (bicyclic) bond motifs is 5. The molecule has 0 aliphatic carbocycles. The number of nitriles is 2. The van der Waals surface area contributed by atoms with E-state index in [1.807, 2.05) is 42.5 Å². The van der Waals surface area contributed by atoms with Gasteiger partial charge in [0.25, 0.3) is 0 Å². The first-order valence-electron chi connectivity index (χ1n) is 16.3. The summed E-state index contributed by atoms with van der Waals surface area (Å²) in [5.41, 5.74) is 10.1. The standard InChI is InChI=1S/C46H27N3/c47-28-30-25-33(35-22-12-15-32(29-48)46(35)49-42-23-10-8-16-36(42)37-17-9-11-24-43(37)49)27-34(26-30)45-40-20-6-4-18-38(40)44(31-13-2-1-3-14-31)39-19-5-7-21-41(39)45/h1-27H. The van der Waals surface area contributed by atoms with Crippen LogP contribution in [0.15, 0.2) is 164 Å². The topological polar surface area (TPSA) is 52.5 Å². The van der Waals surface area contributed by atoms with Crippen LogP contribution in [0.5, 0.6) is 0 Å². The van der Waals surface area contributed by atoms with E-state index in [0.29, 0.717) is 11.1 Å². The Labute approximate surface area is 283 Å². The lowest BCUT2D eigenvalue weighted by Gasteiger charge is -2.19. The summed E-state index contributed by atoms with van der Waals surface area (Å²) in [6.45, 7) is 0.